The van der Waals surface area contributed by atoms with Gasteiger partial charge >= 0.3 is 0 Å². The summed E-state index contributed by atoms with van der Waals surface area (Å²) in [6.07, 6.45) is 2.18. The molecule has 11 heteroatoms. The predicted octanol–water partition coefficient (Wildman–Crippen LogP) is 3.42. The molecule has 36 heavy (non-hydrogen) atoms. The highest BCUT2D eigenvalue weighted by molar-refractivity contribution is 7.24. The van der Waals surface area contributed by atoms with E-state index < -0.39 is 0 Å². The SMILES string of the molecule is CN1CCN(C(=O)CNc2nc3c(C(C)(C)C)c4nc(NCC(=O)N5CCCC5)sc4cc3s2)CC1. The molecule has 0 bridgehead atoms. The van der Waals surface area contributed by atoms with Gasteiger partial charge in [0.15, 0.2) is 10.3 Å². The van der Waals surface area contributed by atoms with Gasteiger partial charge in [-0.25, -0.2) is 9.97 Å². The average Bonchev–Trinajstić information content (AvgIpc) is 3.58. The summed E-state index contributed by atoms with van der Waals surface area (Å²) in [7, 11) is 2.08. The summed E-state index contributed by atoms with van der Waals surface area (Å²) in [5, 5.41) is 8.04. The van der Waals surface area contributed by atoms with Gasteiger partial charge < -0.3 is 25.3 Å². The van der Waals surface area contributed by atoms with Crippen molar-refractivity contribution in [1.29, 1.82) is 0 Å². The fourth-order valence-corrected chi connectivity index (χ4v) is 6.76. The second kappa shape index (κ2) is 10.1. The molecule has 2 fully saturated rings. The number of likely N-dealkylation sites (N-methyl/N-ethyl adjacent to an activating group) is 1. The van der Waals surface area contributed by atoms with Gasteiger partial charge in [-0.3, -0.25) is 9.59 Å². The van der Waals surface area contributed by atoms with E-state index in [-0.39, 0.29) is 30.3 Å². The lowest BCUT2D eigenvalue weighted by atomic mass is 9.85. The Morgan fingerprint density at radius 2 is 1.31 bits per heavy atom. The summed E-state index contributed by atoms with van der Waals surface area (Å²) in [6.45, 7) is 12.1. The third kappa shape index (κ3) is 5.28. The van der Waals surface area contributed by atoms with Crippen LogP contribution in [0.5, 0.6) is 0 Å². The standard InChI is InChI=1S/C25H35N7O2S2/c1-25(2,3)20-21-16(35-23(28-21)26-14-18(33)31-7-5-6-8-31)13-17-22(20)29-24(36-17)27-15-19(34)32-11-9-30(4)10-12-32/h13H,5-12,14-15H2,1-4H3,(H,26,28)(H,27,29). The second-order valence-electron chi connectivity index (χ2n) is 10.7. The van der Waals surface area contributed by atoms with Crippen LogP contribution in [0.3, 0.4) is 0 Å². The number of likely N-dealkylation sites (tertiary alicyclic amines) is 1. The van der Waals surface area contributed by atoms with Crippen LogP contribution in [-0.2, 0) is 15.0 Å². The third-order valence-corrected chi connectivity index (χ3v) is 8.81. The highest BCUT2D eigenvalue weighted by Crippen LogP contribution is 2.42. The number of carbonyl (C=O) groups excluding carboxylic acids is 2. The molecule has 194 valence electrons. The van der Waals surface area contributed by atoms with Gasteiger partial charge in [-0.2, -0.15) is 0 Å². The van der Waals surface area contributed by atoms with Crippen LogP contribution >= 0.6 is 22.7 Å². The number of nitrogens with one attached hydrogen (secondary N) is 2. The minimum Gasteiger partial charge on any atom is -0.352 e. The Kier molecular flexibility index (Phi) is 7.06. The normalized spacial score (nSPS) is 17.3. The summed E-state index contributed by atoms with van der Waals surface area (Å²) in [5.74, 6) is 0.243. The minimum absolute atomic E-state index is 0.111. The van der Waals surface area contributed by atoms with Gasteiger partial charge in [0.1, 0.15) is 0 Å². The molecule has 9 nitrogen and oxygen atoms in total. The van der Waals surface area contributed by atoms with Crippen LogP contribution in [0.1, 0.15) is 39.2 Å². The van der Waals surface area contributed by atoms with E-state index in [2.05, 4.69) is 49.4 Å². The Bertz CT molecular complexity index is 1260. The predicted molar refractivity (Wildman–Crippen MR) is 148 cm³/mol. The summed E-state index contributed by atoms with van der Waals surface area (Å²) in [6, 6.07) is 2.14. The van der Waals surface area contributed by atoms with E-state index >= 15 is 0 Å². The van der Waals surface area contributed by atoms with Crippen molar-refractivity contribution in [2.24, 2.45) is 0 Å². The molecule has 0 saturated carbocycles. The van der Waals surface area contributed by atoms with Gasteiger partial charge in [-0.15, -0.1) is 0 Å². The van der Waals surface area contributed by atoms with E-state index in [4.69, 9.17) is 9.97 Å². The number of hydrogen-bond donors (Lipinski definition) is 2. The average molecular weight is 530 g/mol. The van der Waals surface area contributed by atoms with Crippen LogP contribution in [0, 0.1) is 0 Å². The summed E-state index contributed by atoms with van der Waals surface area (Å²) >= 11 is 3.15. The molecule has 0 radical (unpaired) electrons. The van der Waals surface area contributed by atoms with Crippen LogP contribution in [0.2, 0.25) is 0 Å². The summed E-state index contributed by atoms with van der Waals surface area (Å²) in [4.78, 5) is 41.0. The van der Waals surface area contributed by atoms with Crippen molar-refractivity contribution in [3.05, 3.63) is 11.6 Å². The van der Waals surface area contributed by atoms with Gasteiger partial charge in [-0.05, 0) is 31.4 Å². The first-order valence-corrected chi connectivity index (χ1v) is 14.3. The minimum atomic E-state index is -0.171. The van der Waals surface area contributed by atoms with Crippen molar-refractivity contribution in [3.63, 3.8) is 0 Å². The Hall–Kier alpha value is -2.50. The zero-order chi connectivity index (χ0) is 25.4. The van der Waals surface area contributed by atoms with Crippen molar-refractivity contribution < 1.29 is 9.59 Å². The smallest absolute Gasteiger partial charge is 0.242 e. The number of piperazine rings is 1. The Morgan fingerprint density at radius 3 is 1.78 bits per heavy atom. The molecule has 5 rings (SSSR count). The van der Waals surface area contributed by atoms with Crippen LogP contribution in [0.4, 0.5) is 10.3 Å². The molecule has 2 saturated heterocycles. The Balaban J connectivity index is 1.35. The number of hydrogen-bond acceptors (Lipinski definition) is 9. The molecule has 4 heterocycles. The fraction of sp³-hybridized carbons (Fsp3) is 0.600. The molecule has 0 atom stereocenters. The molecule has 0 unspecified atom stereocenters. The Labute approximate surface area is 219 Å². The second-order valence-corrected chi connectivity index (χ2v) is 12.8. The van der Waals surface area contributed by atoms with Gasteiger partial charge in [0.2, 0.25) is 11.8 Å². The van der Waals surface area contributed by atoms with E-state index in [1.807, 2.05) is 9.80 Å². The first-order chi connectivity index (χ1) is 17.2. The molecule has 0 aliphatic carbocycles. The zero-order valence-corrected chi connectivity index (χ0v) is 23.2. The van der Waals surface area contributed by atoms with E-state index in [9.17, 15) is 9.59 Å². The first-order valence-electron chi connectivity index (χ1n) is 12.7. The number of anilines is 2. The highest BCUT2D eigenvalue weighted by atomic mass is 32.1. The van der Waals surface area contributed by atoms with Crippen LogP contribution in [0.15, 0.2) is 6.07 Å². The van der Waals surface area contributed by atoms with Crippen molar-refractivity contribution in [2.45, 2.75) is 39.0 Å². The number of thiazole rings is 2. The molecule has 2 aromatic heterocycles. The quantitative estimate of drug-likeness (QED) is 0.505. The van der Waals surface area contributed by atoms with Crippen molar-refractivity contribution in [2.75, 3.05) is 70.0 Å². The maximum Gasteiger partial charge on any atom is 0.242 e. The number of amides is 2. The zero-order valence-electron chi connectivity index (χ0n) is 21.5. The van der Waals surface area contributed by atoms with E-state index in [0.717, 1.165) is 88.4 Å². The number of carbonyl (C=O) groups is 2. The van der Waals surface area contributed by atoms with Crippen LogP contribution in [0.25, 0.3) is 20.4 Å². The third-order valence-electron chi connectivity index (χ3n) is 6.89. The van der Waals surface area contributed by atoms with Crippen molar-refractivity contribution >= 4 is 65.2 Å². The van der Waals surface area contributed by atoms with Crippen molar-refractivity contribution in [1.82, 2.24) is 24.7 Å². The highest BCUT2D eigenvalue weighted by Gasteiger charge is 2.26. The van der Waals surface area contributed by atoms with Gasteiger partial charge in [-0.1, -0.05) is 43.4 Å². The maximum absolute atomic E-state index is 12.7. The molecular formula is C25H35N7O2S2. The van der Waals surface area contributed by atoms with Crippen LogP contribution in [-0.4, -0.2) is 95.9 Å². The lowest BCUT2D eigenvalue weighted by Gasteiger charge is -2.32. The van der Waals surface area contributed by atoms with Gasteiger partial charge in [0.25, 0.3) is 0 Å². The van der Waals surface area contributed by atoms with E-state index in [0.29, 0.717) is 0 Å². The van der Waals surface area contributed by atoms with Crippen LogP contribution < -0.4 is 10.6 Å². The number of fused-ring (bicyclic) bond motifs is 2. The molecule has 0 spiro atoms. The molecule has 3 aromatic rings. The lowest BCUT2D eigenvalue weighted by molar-refractivity contribution is -0.131. The number of benzene rings is 1. The number of nitrogens with zero attached hydrogens (tertiary/aromatic N) is 5. The van der Waals surface area contributed by atoms with Gasteiger partial charge in [0.05, 0.1) is 33.5 Å². The van der Waals surface area contributed by atoms with E-state index in [1.54, 1.807) is 22.7 Å². The van der Waals surface area contributed by atoms with E-state index in [1.165, 1.54) is 0 Å². The van der Waals surface area contributed by atoms with Gasteiger partial charge in [0, 0.05) is 44.8 Å². The maximum atomic E-state index is 12.7. The molecule has 2 N–H and O–H groups in total. The largest absolute Gasteiger partial charge is 0.352 e. The topological polar surface area (TPSA) is 93.7 Å². The summed E-state index contributed by atoms with van der Waals surface area (Å²) in [5.41, 5.74) is 2.79. The fourth-order valence-electron chi connectivity index (χ4n) is 4.86. The first kappa shape index (κ1) is 25.2. The number of rotatable bonds is 6. The molecular weight excluding hydrogens is 494 g/mol. The molecule has 2 aliphatic heterocycles. The van der Waals surface area contributed by atoms with Crippen molar-refractivity contribution in [3.8, 4) is 0 Å². The number of aromatic nitrogens is 2. The molecule has 2 amide bonds. The molecule has 2 aliphatic rings. The Morgan fingerprint density at radius 1 is 0.833 bits per heavy atom. The monoisotopic (exact) mass is 529 g/mol. The molecule has 1 aromatic carbocycles. The summed E-state index contributed by atoms with van der Waals surface area (Å²) < 4.78 is 2.15. The lowest BCUT2D eigenvalue weighted by Crippen LogP contribution is -2.48.